The number of hydrogen-bond acceptors (Lipinski definition) is 4. The zero-order chi connectivity index (χ0) is 19.8. The number of pyridine rings is 1. The summed E-state index contributed by atoms with van der Waals surface area (Å²) in [5.74, 6) is -3.75. The Labute approximate surface area is 155 Å². The molecule has 0 aliphatic carbocycles. The minimum Gasteiger partial charge on any atom is -0.469 e. The molecule has 2 N–H and O–H groups in total. The summed E-state index contributed by atoms with van der Waals surface area (Å²) in [5.41, 5.74) is -0.386. The maximum atomic E-state index is 14.0. The first kappa shape index (κ1) is 19.2. The molecule has 0 amide bonds. The van der Waals surface area contributed by atoms with Crippen LogP contribution in [-0.2, 0) is 10.0 Å². The topological polar surface area (TPSA) is 84.1 Å². The molecule has 0 aliphatic heterocycles. The third-order valence-electron chi connectivity index (χ3n) is 3.38. The van der Waals surface area contributed by atoms with Gasteiger partial charge in [0.05, 0.1) is 0 Å². The third-order valence-corrected chi connectivity index (χ3v) is 5.02. The Bertz CT molecular complexity index is 1110. The maximum absolute atomic E-state index is 14.0. The van der Waals surface area contributed by atoms with Crippen LogP contribution in [0.5, 0.6) is 5.88 Å². The number of ether oxygens (including phenoxy) is 1. The number of fused-ring (bicyclic) bond motifs is 1. The molecule has 2 heterocycles. The van der Waals surface area contributed by atoms with Crippen molar-refractivity contribution >= 4 is 38.2 Å². The van der Waals surface area contributed by atoms with Crippen molar-refractivity contribution in [3.05, 3.63) is 47.2 Å². The van der Waals surface area contributed by atoms with Gasteiger partial charge in [-0.15, -0.1) is 0 Å². The van der Waals surface area contributed by atoms with E-state index >= 15 is 0 Å². The highest BCUT2D eigenvalue weighted by Crippen LogP contribution is 2.28. The zero-order valence-electron chi connectivity index (χ0n) is 13.1. The third kappa shape index (κ3) is 4.08. The molecule has 144 valence electrons. The Balaban J connectivity index is 1.92. The highest BCUT2D eigenvalue weighted by atomic mass is 35.5. The van der Waals surface area contributed by atoms with Crippen molar-refractivity contribution in [2.75, 3.05) is 11.3 Å². The van der Waals surface area contributed by atoms with Crippen molar-refractivity contribution in [3.8, 4) is 5.88 Å². The molecule has 6 nitrogen and oxygen atoms in total. The normalized spacial score (nSPS) is 11.9. The summed E-state index contributed by atoms with van der Waals surface area (Å²) in [4.78, 5) is 5.51. The zero-order valence-corrected chi connectivity index (χ0v) is 14.7. The molecule has 0 aliphatic rings. The van der Waals surface area contributed by atoms with Crippen LogP contribution in [0.25, 0.3) is 10.9 Å². The van der Waals surface area contributed by atoms with E-state index in [-0.39, 0.29) is 10.3 Å². The Morgan fingerprint density at radius 3 is 2.70 bits per heavy atom. The molecule has 0 bridgehead atoms. The summed E-state index contributed by atoms with van der Waals surface area (Å²) in [6.45, 7) is -1.19. The molecular formula is C15H10ClF4N3O3S. The molecule has 0 fully saturated rings. The lowest BCUT2D eigenvalue weighted by Gasteiger charge is -2.10. The summed E-state index contributed by atoms with van der Waals surface area (Å²) in [6.07, 6.45) is -1.76. The number of nitrogens with one attached hydrogen (secondary N) is 2. The van der Waals surface area contributed by atoms with Crippen molar-refractivity contribution in [2.24, 2.45) is 0 Å². The number of aromatic amines is 1. The van der Waals surface area contributed by atoms with E-state index in [2.05, 4.69) is 14.7 Å². The number of rotatable bonds is 6. The van der Waals surface area contributed by atoms with Crippen LogP contribution >= 0.6 is 11.6 Å². The number of aromatic nitrogens is 2. The Morgan fingerprint density at radius 1 is 1.26 bits per heavy atom. The van der Waals surface area contributed by atoms with E-state index in [1.165, 1.54) is 18.2 Å². The second kappa shape index (κ2) is 7.24. The number of halogens is 5. The lowest BCUT2D eigenvalue weighted by atomic mass is 10.2. The number of alkyl halides is 2. The number of nitrogens with zero attached hydrogens (tertiary/aromatic N) is 1. The fourth-order valence-electron chi connectivity index (χ4n) is 2.26. The van der Waals surface area contributed by atoms with E-state index in [0.717, 1.165) is 6.20 Å². The predicted molar refractivity (Wildman–Crippen MR) is 89.8 cm³/mol. The van der Waals surface area contributed by atoms with Gasteiger partial charge in [0.1, 0.15) is 10.6 Å². The largest absolute Gasteiger partial charge is 0.469 e. The van der Waals surface area contributed by atoms with Crippen molar-refractivity contribution in [1.29, 1.82) is 0 Å². The molecule has 12 heteroatoms. The number of H-pyrrole nitrogens is 1. The molecule has 3 aromatic rings. The van der Waals surface area contributed by atoms with Crippen LogP contribution in [0.4, 0.5) is 23.2 Å². The SMILES string of the molecule is O=S(=O)(Nc1cc(F)c(OCC(F)F)nc1F)c1c[nH]c2cc(Cl)ccc12. The number of sulfonamides is 1. The number of hydrogen-bond donors (Lipinski definition) is 2. The van der Waals surface area contributed by atoms with Gasteiger partial charge in [0.25, 0.3) is 22.3 Å². The first-order valence-electron chi connectivity index (χ1n) is 7.24. The van der Waals surface area contributed by atoms with Crippen LogP contribution in [0.15, 0.2) is 35.4 Å². The first-order valence-corrected chi connectivity index (χ1v) is 9.10. The Morgan fingerprint density at radius 2 is 2.00 bits per heavy atom. The lowest BCUT2D eigenvalue weighted by molar-refractivity contribution is 0.0768. The molecule has 0 saturated carbocycles. The summed E-state index contributed by atoms with van der Waals surface area (Å²) in [6, 6.07) is 4.85. The van der Waals surface area contributed by atoms with E-state index < -0.39 is 46.4 Å². The summed E-state index contributed by atoms with van der Waals surface area (Å²) in [5, 5.41) is 0.649. The van der Waals surface area contributed by atoms with E-state index in [1.54, 1.807) is 0 Å². The van der Waals surface area contributed by atoms with E-state index in [9.17, 15) is 26.0 Å². The highest BCUT2D eigenvalue weighted by molar-refractivity contribution is 7.93. The van der Waals surface area contributed by atoms with Gasteiger partial charge in [0.2, 0.25) is 5.95 Å². The maximum Gasteiger partial charge on any atom is 0.272 e. The molecule has 0 unspecified atom stereocenters. The van der Waals surface area contributed by atoms with Gasteiger partial charge in [-0.1, -0.05) is 11.6 Å². The molecule has 0 atom stereocenters. The molecule has 1 aromatic carbocycles. The summed E-state index contributed by atoms with van der Waals surface area (Å²) < 4.78 is 83.2. The Hall–Kier alpha value is -2.53. The van der Waals surface area contributed by atoms with Gasteiger partial charge < -0.3 is 9.72 Å². The fraction of sp³-hybridized carbons (Fsp3) is 0.133. The smallest absolute Gasteiger partial charge is 0.272 e. The van der Waals surface area contributed by atoms with Gasteiger partial charge in [0.15, 0.2) is 12.4 Å². The van der Waals surface area contributed by atoms with Crippen LogP contribution in [0, 0.1) is 11.8 Å². The lowest BCUT2D eigenvalue weighted by Crippen LogP contribution is -2.15. The predicted octanol–water partition coefficient (Wildman–Crippen LogP) is 3.94. The fourth-order valence-corrected chi connectivity index (χ4v) is 3.66. The van der Waals surface area contributed by atoms with Gasteiger partial charge in [-0.05, 0) is 18.2 Å². The standard InChI is InChI=1S/C15H10ClF4N3O3S/c16-7-1-2-8-10(3-7)21-5-12(8)27(24,25)23-11-4-9(17)15(22-14(11)20)26-6-13(18)19/h1-5,13,21,23H,6H2. The Kier molecular flexibility index (Phi) is 5.16. The van der Waals surface area contributed by atoms with Gasteiger partial charge in [-0.2, -0.15) is 9.37 Å². The molecule has 0 saturated heterocycles. The molecular weight excluding hydrogens is 414 g/mol. The van der Waals surface area contributed by atoms with Crippen molar-refractivity contribution in [1.82, 2.24) is 9.97 Å². The van der Waals surface area contributed by atoms with Crippen LogP contribution < -0.4 is 9.46 Å². The molecule has 0 spiro atoms. The van der Waals surface area contributed by atoms with Crippen LogP contribution in [-0.4, -0.2) is 31.4 Å². The molecule has 3 rings (SSSR count). The number of anilines is 1. The van der Waals surface area contributed by atoms with Gasteiger partial charge in [0, 0.05) is 28.2 Å². The van der Waals surface area contributed by atoms with Gasteiger partial charge >= 0.3 is 0 Å². The highest BCUT2D eigenvalue weighted by Gasteiger charge is 2.23. The molecule has 0 radical (unpaired) electrons. The van der Waals surface area contributed by atoms with E-state index in [1.807, 2.05) is 4.72 Å². The quantitative estimate of drug-likeness (QED) is 0.464. The minimum atomic E-state index is -4.32. The monoisotopic (exact) mass is 423 g/mol. The molecule has 27 heavy (non-hydrogen) atoms. The van der Waals surface area contributed by atoms with E-state index in [0.29, 0.717) is 16.6 Å². The average Bonchev–Trinajstić information content (AvgIpc) is 3.00. The summed E-state index contributed by atoms with van der Waals surface area (Å²) >= 11 is 5.83. The van der Waals surface area contributed by atoms with Crippen molar-refractivity contribution in [3.63, 3.8) is 0 Å². The number of benzene rings is 1. The van der Waals surface area contributed by atoms with Crippen LogP contribution in [0.1, 0.15) is 0 Å². The average molecular weight is 424 g/mol. The van der Waals surface area contributed by atoms with Crippen molar-refractivity contribution < 1.29 is 30.7 Å². The van der Waals surface area contributed by atoms with Crippen molar-refractivity contribution in [2.45, 2.75) is 11.3 Å². The van der Waals surface area contributed by atoms with Gasteiger partial charge in [-0.25, -0.2) is 21.6 Å². The van der Waals surface area contributed by atoms with Crippen LogP contribution in [0.2, 0.25) is 5.02 Å². The minimum absolute atomic E-state index is 0.230. The molecule has 2 aromatic heterocycles. The second-order valence-electron chi connectivity index (χ2n) is 5.26. The summed E-state index contributed by atoms with van der Waals surface area (Å²) in [7, 11) is -4.32. The van der Waals surface area contributed by atoms with Gasteiger partial charge in [-0.3, -0.25) is 4.72 Å². The first-order chi connectivity index (χ1) is 12.7. The van der Waals surface area contributed by atoms with E-state index in [4.69, 9.17) is 11.6 Å². The second-order valence-corrected chi connectivity index (χ2v) is 7.35. The van der Waals surface area contributed by atoms with Crippen LogP contribution in [0.3, 0.4) is 0 Å².